The predicted octanol–water partition coefficient (Wildman–Crippen LogP) is 3.99. The minimum atomic E-state index is -0.296. The predicted molar refractivity (Wildman–Crippen MR) is 144 cm³/mol. The molecule has 1 fully saturated rings. The molecule has 4 heterocycles. The number of anilines is 2. The maximum Gasteiger partial charge on any atom is 0.231 e. The lowest BCUT2D eigenvalue weighted by Crippen LogP contribution is -2.58. The van der Waals surface area contributed by atoms with E-state index in [1.54, 1.807) is 0 Å². The molecule has 8 nitrogen and oxygen atoms in total. The lowest BCUT2D eigenvalue weighted by molar-refractivity contribution is 0.0770. The summed E-state index contributed by atoms with van der Waals surface area (Å²) < 4.78 is 22.8. The molecular formula is C30H31N3O5. The number of piperazine rings is 1. The monoisotopic (exact) mass is 513 g/mol. The minimum Gasteiger partial charge on any atom is -0.486 e. The number of para-hydroxylation sites is 2. The summed E-state index contributed by atoms with van der Waals surface area (Å²) in [6.07, 6.45) is 1.85. The smallest absolute Gasteiger partial charge is 0.231 e. The van der Waals surface area contributed by atoms with Crippen LogP contribution in [0.1, 0.15) is 22.3 Å². The molecule has 3 aromatic carbocycles. The first-order valence-electron chi connectivity index (χ1n) is 13.4. The number of benzene rings is 3. The van der Waals surface area contributed by atoms with Gasteiger partial charge in [0.25, 0.3) is 0 Å². The maximum absolute atomic E-state index is 14.2. The second-order valence-electron chi connectivity index (χ2n) is 10.1. The Bertz CT molecular complexity index is 1350. The Kier molecular flexibility index (Phi) is 5.96. The SMILES string of the molecule is O=C(c1ccc2c(c1)OCO2)C(C1CCc2ccccc2N1)N1CCN(c2cccc3c2OCCO3)CC1. The maximum atomic E-state index is 14.2. The molecule has 1 N–H and O–H groups in total. The van der Waals surface area contributed by atoms with Gasteiger partial charge in [-0.05, 0) is 54.8 Å². The van der Waals surface area contributed by atoms with Crippen LogP contribution in [0.2, 0.25) is 0 Å². The summed E-state index contributed by atoms with van der Waals surface area (Å²) in [6.45, 7) is 4.46. The van der Waals surface area contributed by atoms with Gasteiger partial charge in [-0.25, -0.2) is 0 Å². The van der Waals surface area contributed by atoms with Crippen LogP contribution in [0.25, 0.3) is 0 Å². The second-order valence-corrected chi connectivity index (χ2v) is 10.1. The zero-order valence-electron chi connectivity index (χ0n) is 21.2. The fourth-order valence-electron chi connectivity index (χ4n) is 6.07. The average Bonchev–Trinajstić information content (AvgIpc) is 3.45. The molecular weight excluding hydrogens is 482 g/mol. The van der Waals surface area contributed by atoms with Crippen LogP contribution in [-0.2, 0) is 6.42 Å². The molecule has 0 amide bonds. The number of carbonyl (C=O) groups excluding carboxylic acids is 1. The van der Waals surface area contributed by atoms with Gasteiger partial charge in [0, 0.05) is 43.5 Å². The highest BCUT2D eigenvalue weighted by Gasteiger charge is 2.38. The number of nitrogens with zero attached hydrogens (tertiary/aromatic N) is 2. The van der Waals surface area contributed by atoms with Crippen molar-refractivity contribution in [1.82, 2.24) is 4.90 Å². The van der Waals surface area contributed by atoms with Crippen molar-refractivity contribution >= 4 is 17.2 Å². The van der Waals surface area contributed by atoms with Crippen LogP contribution in [0.5, 0.6) is 23.0 Å². The van der Waals surface area contributed by atoms with E-state index in [0.29, 0.717) is 30.3 Å². The van der Waals surface area contributed by atoms with E-state index < -0.39 is 0 Å². The zero-order chi connectivity index (χ0) is 25.5. The van der Waals surface area contributed by atoms with Crippen molar-refractivity contribution in [3.05, 3.63) is 71.8 Å². The van der Waals surface area contributed by atoms with Crippen molar-refractivity contribution in [2.75, 3.05) is 56.4 Å². The highest BCUT2D eigenvalue weighted by molar-refractivity contribution is 6.01. The van der Waals surface area contributed by atoms with Gasteiger partial charge in [-0.2, -0.15) is 0 Å². The average molecular weight is 514 g/mol. The number of rotatable bonds is 5. The van der Waals surface area contributed by atoms with E-state index in [9.17, 15) is 4.79 Å². The van der Waals surface area contributed by atoms with Crippen molar-refractivity contribution in [1.29, 1.82) is 0 Å². The Morgan fingerprint density at radius 2 is 1.68 bits per heavy atom. The molecule has 38 heavy (non-hydrogen) atoms. The first kappa shape index (κ1) is 23.2. The Labute approximate surface area is 222 Å². The summed E-state index contributed by atoms with van der Waals surface area (Å²) in [5.41, 5.74) is 4.15. The number of fused-ring (bicyclic) bond motifs is 3. The van der Waals surface area contributed by atoms with Gasteiger partial charge >= 0.3 is 0 Å². The van der Waals surface area contributed by atoms with Crippen molar-refractivity contribution in [2.24, 2.45) is 0 Å². The van der Waals surface area contributed by atoms with Gasteiger partial charge in [-0.1, -0.05) is 24.3 Å². The summed E-state index contributed by atoms with van der Waals surface area (Å²) in [4.78, 5) is 18.9. The molecule has 0 aromatic heterocycles. The Morgan fingerprint density at radius 1 is 0.842 bits per heavy atom. The number of Topliss-reactive ketones (excluding diaryl/α,β-unsaturated/α-hetero) is 1. The number of ketones is 1. The lowest BCUT2D eigenvalue weighted by Gasteiger charge is -2.44. The summed E-state index contributed by atoms with van der Waals surface area (Å²) in [5, 5.41) is 3.71. The zero-order valence-corrected chi connectivity index (χ0v) is 21.2. The standard InChI is InChI=1S/C30H31N3O5/c34-29(21-9-11-25-27(18-21)38-19-37-25)28(23-10-8-20-4-1-2-5-22(20)31-23)33-14-12-32(13-15-33)24-6-3-7-26-30(24)36-17-16-35-26/h1-7,9,11,18,23,28,31H,8,10,12-17,19H2. The third-order valence-corrected chi connectivity index (χ3v) is 7.98. The molecule has 0 spiro atoms. The molecule has 4 aliphatic heterocycles. The first-order chi connectivity index (χ1) is 18.7. The van der Waals surface area contributed by atoms with Crippen LogP contribution >= 0.6 is 0 Å². The molecule has 3 aromatic rings. The van der Waals surface area contributed by atoms with E-state index in [4.69, 9.17) is 18.9 Å². The molecule has 4 aliphatic rings. The van der Waals surface area contributed by atoms with Gasteiger partial charge in [0.15, 0.2) is 28.8 Å². The van der Waals surface area contributed by atoms with Crippen LogP contribution in [0, 0.1) is 0 Å². The van der Waals surface area contributed by atoms with E-state index in [-0.39, 0.29) is 24.7 Å². The topological polar surface area (TPSA) is 72.5 Å². The van der Waals surface area contributed by atoms with Crippen LogP contribution in [0.15, 0.2) is 60.7 Å². The van der Waals surface area contributed by atoms with Gasteiger partial charge in [-0.15, -0.1) is 0 Å². The molecule has 0 radical (unpaired) electrons. The van der Waals surface area contributed by atoms with Gasteiger partial charge < -0.3 is 29.2 Å². The number of hydrogen-bond donors (Lipinski definition) is 1. The van der Waals surface area contributed by atoms with Gasteiger partial charge in [0.1, 0.15) is 13.2 Å². The van der Waals surface area contributed by atoms with Gasteiger partial charge in [0.05, 0.1) is 11.7 Å². The fraction of sp³-hybridized carbons (Fsp3) is 0.367. The third kappa shape index (κ3) is 4.19. The molecule has 8 heteroatoms. The fourth-order valence-corrected chi connectivity index (χ4v) is 6.07. The molecule has 2 atom stereocenters. The van der Waals surface area contributed by atoms with Crippen LogP contribution in [0.3, 0.4) is 0 Å². The summed E-state index contributed by atoms with van der Waals surface area (Å²) in [6, 6.07) is 19.7. The van der Waals surface area contributed by atoms with Crippen molar-refractivity contribution in [3.8, 4) is 23.0 Å². The minimum absolute atomic E-state index is 0.00981. The van der Waals surface area contributed by atoms with E-state index >= 15 is 0 Å². The first-order valence-corrected chi connectivity index (χ1v) is 13.4. The highest BCUT2D eigenvalue weighted by atomic mass is 16.7. The van der Waals surface area contributed by atoms with E-state index in [2.05, 4.69) is 39.4 Å². The van der Waals surface area contributed by atoms with E-state index in [1.165, 1.54) is 5.56 Å². The van der Waals surface area contributed by atoms with Crippen molar-refractivity contribution < 1.29 is 23.7 Å². The Morgan fingerprint density at radius 3 is 2.61 bits per heavy atom. The largest absolute Gasteiger partial charge is 0.486 e. The highest BCUT2D eigenvalue weighted by Crippen LogP contribution is 2.40. The van der Waals surface area contributed by atoms with Crippen LogP contribution in [0.4, 0.5) is 11.4 Å². The molecule has 0 bridgehead atoms. The molecule has 196 valence electrons. The number of carbonyl (C=O) groups is 1. The molecule has 1 saturated heterocycles. The number of aryl methyl sites for hydroxylation is 1. The number of nitrogens with one attached hydrogen (secondary N) is 1. The molecule has 2 unspecified atom stereocenters. The lowest BCUT2D eigenvalue weighted by atomic mass is 9.88. The normalized spacial score (nSPS) is 20.8. The molecule has 7 rings (SSSR count). The molecule has 0 aliphatic carbocycles. The second kappa shape index (κ2) is 9.76. The van der Waals surface area contributed by atoms with E-state index in [1.807, 2.05) is 36.4 Å². The summed E-state index contributed by atoms with van der Waals surface area (Å²) in [5.74, 6) is 3.07. The molecule has 0 saturated carbocycles. The van der Waals surface area contributed by atoms with Crippen molar-refractivity contribution in [3.63, 3.8) is 0 Å². The number of ether oxygens (including phenoxy) is 4. The Hall–Kier alpha value is -3.91. The van der Waals surface area contributed by atoms with Crippen LogP contribution in [-0.4, -0.2) is 69.0 Å². The third-order valence-electron chi connectivity index (χ3n) is 7.98. The number of hydrogen-bond acceptors (Lipinski definition) is 8. The van der Waals surface area contributed by atoms with Gasteiger partial charge in [-0.3, -0.25) is 9.69 Å². The Balaban J connectivity index is 1.15. The summed E-state index contributed by atoms with van der Waals surface area (Å²) in [7, 11) is 0. The van der Waals surface area contributed by atoms with Crippen molar-refractivity contribution in [2.45, 2.75) is 24.9 Å². The van der Waals surface area contributed by atoms with Gasteiger partial charge in [0.2, 0.25) is 6.79 Å². The van der Waals surface area contributed by atoms with E-state index in [0.717, 1.165) is 61.9 Å². The quantitative estimate of drug-likeness (QED) is 0.514. The van der Waals surface area contributed by atoms with Crippen LogP contribution < -0.4 is 29.2 Å². The summed E-state index contributed by atoms with van der Waals surface area (Å²) >= 11 is 0.